The first kappa shape index (κ1) is 11.5. The lowest BCUT2D eigenvalue weighted by atomic mass is 10.1. The fourth-order valence-corrected chi connectivity index (χ4v) is 1.27. The number of carboxylic acids is 1. The quantitative estimate of drug-likeness (QED) is 0.805. The van der Waals surface area contributed by atoms with E-state index in [1.54, 1.807) is 0 Å². The summed E-state index contributed by atoms with van der Waals surface area (Å²) in [6.07, 6.45) is 0.133. The standard InChI is InChI=1S/C11H14O4/c1-7-5-10(15-8(7)2)6-9(12)3-4-11(13)14/h5H,3-4,6H2,1-2H3,(H,13,14). The highest BCUT2D eigenvalue weighted by molar-refractivity contribution is 5.83. The zero-order valence-corrected chi connectivity index (χ0v) is 8.87. The summed E-state index contributed by atoms with van der Waals surface area (Å²) in [5.41, 5.74) is 1.01. The number of aryl methyl sites for hydroxylation is 2. The third-order valence-electron chi connectivity index (χ3n) is 2.21. The van der Waals surface area contributed by atoms with E-state index in [0.717, 1.165) is 11.3 Å². The molecule has 15 heavy (non-hydrogen) atoms. The molecule has 1 aromatic rings. The van der Waals surface area contributed by atoms with E-state index < -0.39 is 5.97 Å². The third kappa shape index (κ3) is 3.58. The largest absolute Gasteiger partial charge is 0.481 e. The Balaban J connectivity index is 2.48. The van der Waals surface area contributed by atoms with Crippen molar-refractivity contribution in [1.29, 1.82) is 0 Å². The van der Waals surface area contributed by atoms with Gasteiger partial charge in [0.05, 0.1) is 12.8 Å². The van der Waals surface area contributed by atoms with E-state index in [1.165, 1.54) is 0 Å². The molecule has 0 bridgehead atoms. The van der Waals surface area contributed by atoms with Gasteiger partial charge in [-0.25, -0.2) is 0 Å². The minimum absolute atomic E-state index is 0.0636. The van der Waals surface area contributed by atoms with Gasteiger partial charge in [-0.3, -0.25) is 9.59 Å². The highest BCUT2D eigenvalue weighted by atomic mass is 16.4. The van der Waals surface area contributed by atoms with E-state index in [4.69, 9.17) is 9.52 Å². The Labute approximate surface area is 87.9 Å². The molecule has 1 N–H and O–H groups in total. The predicted molar refractivity (Wildman–Crippen MR) is 53.8 cm³/mol. The second-order valence-electron chi connectivity index (χ2n) is 3.56. The van der Waals surface area contributed by atoms with E-state index in [1.807, 2.05) is 19.9 Å². The second kappa shape index (κ2) is 4.77. The van der Waals surface area contributed by atoms with Crippen LogP contribution in [0.4, 0.5) is 0 Å². The number of carbonyl (C=O) groups excluding carboxylic acids is 1. The lowest BCUT2D eigenvalue weighted by Crippen LogP contribution is -2.05. The molecule has 0 aromatic carbocycles. The Morgan fingerprint density at radius 2 is 2.00 bits per heavy atom. The molecule has 0 unspecified atom stereocenters. The first-order chi connectivity index (χ1) is 6.99. The fourth-order valence-electron chi connectivity index (χ4n) is 1.27. The van der Waals surface area contributed by atoms with Crippen molar-refractivity contribution in [3.05, 3.63) is 23.2 Å². The summed E-state index contributed by atoms with van der Waals surface area (Å²) >= 11 is 0. The maximum atomic E-state index is 11.3. The average molecular weight is 210 g/mol. The smallest absolute Gasteiger partial charge is 0.303 e. The van der Waals surface area contributed by atoms with Gasteiger partial charge in [0.1, 0.15) is 17.3 Å². The second-order valence-corrected chi connectivity index (χ2v) is 3.56. The highest BCUT2D eigenvalue weighted by Gasteiger charge is 2.10. The van der Waals surface area contributed by atoms with Crippen molar-refractivity contribution in [2.24, 2.45) is 0 Å². The first-order valence-corrected chi connectivity index (χ1v) is 4.78. The zero-order valence-electron chi connectivity index (χ0n) is 8.87. The Morgan fingerprint density at radius 3 is 2.47 bits per heavy atom. The van der Waals surface area contributed by atoms with Crippen molar-refractivity contribution in [3.63, 3.8) is 0 Å². The zero-order chi connectivity index (χ0) is 11.4. The van der Waals surface area contributed by atoms with Crippen LogP contribution in [-0.2, 0) is 16.0 Å². The van der Waals surface area contributed by atoms with Crippen molar-refractivity contribution in [1.82, 2.24) is 0 Å². The van der Waals surface area contributed by atoms with Crippen LogP contribution in [0.5, 0.6) is 0 Å². The minimum atomic E-state index is -0.949. The van der Waals surface area contributed by atoms with E-state index >= 15 is 0 Å². The number of hydrogen-bond acceptors (Lipinski definition) is 3. The molecule has 0 aliphatic heterocycles. The Morgan fingerprint density at radius 1 is 1.33 bits per heavy atom. The van der Waals surface area contributed by atoms with Crippen LogP contribution in [0.25, 0.3) is 0 Å². The van der Waals surface area contributed by atoms with Crippen LogP contribution < -0.4 is 0 Å². The van der Waals surface area contributed by atoms with Gasteiger partial charge < -0.3 is 9.52 Å². The van der Waals surface area contributed by atoms with Gasteiger partial charge in [-0.05, 0) is 25.5 Å². The van der Waals surface area contributed by atoms with Crippen molar-refractivity contribution < 1.29 is 19.1 Å². The summed E-state index contributed by atoms with van der Waals surface area (Å²) in [5, 5.41) is 8.40. The third-order valence-corrected chi connectivity index (χ3v) is 2.21. The van der Waals surface area contributed by atoms with Gasteiger partial charge in [0, 0.05) is 6.42 Å². The fraction of sp³-hybridized carbons (Fsp3) is 0.455. The molecule has 4 nitrogen and oxygen atoms in total. The van der Waals surface area contributed by atoms with Crippen molar-refractivity contribution >= 4 is 11.8 Å². The number of furan rings is 1. The Hall–Kier alpha value is -1.58. The van der Waals surface area contributed by atoms with E-state index in [9.17, 15) is 9.59 Å². The van der Waals surface area contributed by atoms with Gasteiger partial charge in [-0.2, -0.15) is 0 Å². The summed E-state index contributed by atoms with van der Waals surface area (Å²) in [7, 11) is 0. The van der Waals surface area contributed by atoms with Crippen LogP contribution in [0.15, 0.2) is 10.5 Å². The summed E-state index contributed by atoms with van der Waals surface area (Å²) in [4.78, 5) is 21.6. The SMILES string of the molecule is Cc1cc(CC(=O)CCC(=O)O)oc1C. The molecule has 0 atom stereocenters. The van der Waals surface area contributed by atoms with Crippen LogP contribution >= 0.6 is 0 Å². The molecule has 1 aromatic heterocycles. The number of carboxylic acid groups (broad SMARTS) is 1. The van der Waals surface area contributed by atoms with Gasteiger partial charge in [0.25, 0.3) is 0 Å². The van der Waals surface area contributed by atoms with Crippen molar-refractivity contribution in [2.45, 2.75) is 33.1 Å². The molecular weight excluding hydrogens is 196 g/mol. The summed E-state index contributed by atoms with van der Waals surface area (Å²) < 4.78 is 5.32. The lowest BCUT2D eigenvalue weighted by molar-refractivity contribution is -0.138. The first-order valence-electron chi connectivity index (χ1n) is 4.78. The molecule has 4 heteroatoms. The van der Waals surface area contributed by atoms with Gasteiger partial charge in [0.2, 0.25) is 0 Å². The van der Waals surface area contributed by atoms with Crippen molar-refractivity contribution in [3.8, 4) is 0 Å². The van der Waals surface area contributed by atoms with E-state index in [2.05, 4.69) is 0 Å². The van der Waals surface area contributed by atoms with Gasteiger partial charge in [0.15, 0.2) is 0 Å². The number of Topliss-reactive ketones (excluding diaryl/α,β-unsaturated/α-hetero) is 1. The Kier molecular flexibility index (Phi) is 3.66. The van der Waals surface area contributed by atoms with Crippen LogP contribution in [0.2, 0.25) is 0 Å². The molecule has 82 valence electrons. The highest BCUT2D eigenvalue weighted by Crippen LogP contribution is 2.14. The average Bonchev–Trinajstić information content (AvgIpc) is 2.42. The van der Waals surface area contributed by atoms with Crippen molar-refractivity contribution in [2.75, 3.05) is 0 Å². The molecule has 0 saturated heterocycles. The lowest BCUT2D eigenvalue weighted by Gasteiger charge is -1.95. The maximum absolute atomic E-state index is 11.3. The molecule has 0 spiro atoms. The summed E-state index contributed by atoms with van der Waals surface area (Å²) in [6.45, 7) is 3.74. The number of hydrogen-bond donors (Lipinski definition) is 1. The number of rotatable bonds is 5. The van der Waals surface area contributed by atoms with Gasteiger partial charge in [-0.1, -0.05) is 0 Å². The van der Waals surface area contributed by atoms with Crippen LogP contribution in [0, 0.1) is 13.8 Å². The molecule has 1 rings (SSSR count). The van der Waals surface area contributed by atoms with E-state index in [-0.39, 0.29) is 25.0 Å². The number of aliphatic carboxylic acids is 1. The van der Waals surface area contributed by atoms with Gasteiger partial charge in [-0.15, -0.1) is 0 Å². The van der Waals surface area contributed by atoms with Crippen LogP contribution in [0.1, 0.15) is 29.9 Å². The molecule has 0 aliphatic rings. The van der Waals surface area contributed by atoms with Gasteiger partial charge >= 0.3 is 5.97 Å². The molecule has 0 radical (unpaired) electrons. The monoisotopic (exact) mass is 210 g/mol. The normalized spacial score (nSPS) is 10.3. The van der Waals surface area contributed by atoms with Crippen LogP contribution in [-0.4, -0.2) is 16.9 Å². The molecule has 0 aliphatic carbocycles. The molecule has 0 amide bonds. The Bertz CT molecular complexity index is 356. The molecule has 1 heterocycles. The molecule has 0 fully saturated rings. The predicted octanol–water partition coefficient (Wildman–Crippen LogP) is 1.87. The minimum Gasteiger partial charge on any atom is -0.481 e. The van der Waals surface area contributed by atoms with Crippen LogP contribution in [0.3, 0.4) is 0 Å². The molecule has 0 saturated carbocycles. The summed E-state index contributed by atoms with van der Waals surface area (Å²) in [5.74, 6) is 0.359. The number of carbonyl (C=O) groups is 2. The maximum Gasteiger partial charge on any atom is 0.303 e. The topological polar surface area (TPSA) is 67.5 Å². The van der Waals surface area contributed by atoms with E-state index in [0.29, 0.717) is 5.76 Å². The number of ketones is 1. The summed E-state index contributed by atoms with van der Waals surface area (Å²) in [6, 6.07) is 1.81. The molecular formula is C11H14O4.